The molecule has 0 saturated carbocycles. The van der Waals surface area contributed by atoms with Crippen molar-refractivity contribution in [1.82, 2.24) is 24.4 Å². The molecule has 0 radical (unpaired) electrons. The van der Waals surface area contributed by atoms with Gasteiger partial charge in [0.15, 0.2) is 0 Å². The summed E-state index contributed by atoms with van der Waals surface area (Å²) in [6, 6.07) is 1.80. The van der Waals surface area contributed by atoms with Crippen LogP contribution in [0.4, 0.5) is 0 Å². The molecule has 2 aliphatic rings. The van der Waals surface area contributed by atoms with Gasteiger partial charge in [-0.3, -0.25) is 14.4 Å². The van der Waals surface area contributed by atoms with Crippen molar-refractivity contribution >= 4 is 17.5 Å². The van der Waals surface area contributed by atoms with Crippen LogP contribution in [0.5, 0.6) is 0 Å². The molecule has 0 atom stereocenters. The molecule has 1 N–H and O–H groups in total. The van der Waals surface area contributed by atoms with Crippen LogP contribution in [0.25, 0.3) is 5.65 Å². The summed E-state index contributed by atoms with van der Waals surface area (Å²) in [7, 11) is 0. The van der Waals surface area contributed by atoms with E-state index in [0.29, 0.717) is 11.2 Å². The van der Waals surface area contributed by atoms with Crippen molar-refractivity contribution in [3.05, 3.63) is 33.4 Å². The monoisotopic (exact) mass is 357 g/mol. The third-order valence-electron chi connectivity index (χ3n) is 5.12. The Morgan fingerprint density at radius 1 is 1.23 bits per heavy atom. The first-order valence-electron chi connectivity index (χ1n) is 8.98. The van der Waals surface area contributed by atoms with Gasteiger partial charge in [0, 0.05) is 24.6 Å². The molecule has 2 amide bonds. The lowest BCUT2D eigenvalue weighted by molar-refractivity contribution is -0.130. The average molecular weight is 357 g/mol. The first-order valence-corrected chi connectivity index (χ1v) is 8.98. The molecule has 0 unspecified atom stereocenters. The molecular weight excluding hydrogens is 334 g/mol. The Kier molecular flexibility index (Phi) is 3.68. The number of carbonyl (C=O) groups excluding carboxylic acids is 2. The number of hydrogen-bond donors (Lipinski definition) is 1. The van der Waals surface area contributed by atoms with E-state index in [1.54, 1.807) is 11.0 Å². The minimum atomic E-state index is -0.300. The number of rotatable bonds is 2. The number of H-pyrrole nitrogens is 1. The molecule has 2 aromatic rings. The van der Waals surface area contributed by atoms with Crippen molar-refractivity contribution in [2.45, 2.75) is 45.6 Å². The highest BCUT2D eigenvalue weighted by atomic mass is 16.2. The molecule has 8 nitrogen and oxygen atoms in total. The summed E-state index contributed by atoms with van der Waals surface area (Å²) < 4.78 is 1.32. The topological polar surface area (TPSA) is 90.8 Å². The van der Waals surface area contributed by atoms with E-state index in [1.165, 1.54) is 9.42 Å². The van der Waals surface area contributed by atoms with Crippen molar-refractivity contribution in [3.8, 4) is 0 Å². The van der Waals surface area contributed by atoms with Gasteiger partial charge < -0.3 is 14.8 Å². The van der Waals surface area contributed by atoms with E-state index in [0.717, 1.165) is 31.6 Å². The third-order valence-corrected chi connectivity index (χ3v) is 5.12. The second-order valence-corrected chi connectivity index (χ2v) is 8.11. The van der Waals surface area contributed by atoms with E-state index in [4.69, 9.17) is 0 Å². The normalized spacial score (nSPS) is 17.4. The van der Waals surface area contributed by atoms with E-state index >= 15 is 0 Å². The standard InChI is InChI=1S/C18H23N5O3/c1-18(2,3)12-8-13-19-15-11(16(25)23(13)20-12)9-22(17(15)26)10-14(24)21-6-4-5-7-21/h8,19H,4-7,9-10H2,1-3H3. The molecular formula is C18H23N5O3. The lowest BCUT2D eigenvalue weighted by Crippen LogP contribution is -2.39. The summed E-state index contributed by atoms with van der Waals surface area (Å²) in [4.78, 5) is 44.1. The van der Waals surface area contributed by atoms with Crippen LogP contribution in [0.2, 0.25) is 0 Å². The van der Waals surface area contributed by atoms with Crippen LogP contribution in [0.1, 0.15) is 55.4 Å². The van der Waals surface area contributed by atoms with Gasteiger partial charge in [-0.05, 0) is 12.8 Å². The maximum absolute atomic E-state index is 12.8. The molecule has 1 fully saturated rings. The van der Waals surface area contributed by atoms with Crippen LogP contribution in [-0.4, -0.2) is 55.8 Å². The molecule has 4 heterocycles. The number of aromatic nitrogens is 3. The zero-order chi connectivity index (χ0) is 18.6. The molecule has 2 aromatic heterocycles. The Labute approximate surface area is 150 Å². The lowest BCUT2D eigenvalue weighted by atomic mass is 9.93. The Morgan fingerprint density at radius 2 is 1.92 bits per heavy atom. The minimum Gasteiger partial charge on any atom is -0.341 e. The zero-order valence-corrected chi connectivity index (χ0v) is 15.3. The lowest BCUT2D eigenvalue weighted by Gasteiger charge is -2.20. The summed E-state index contributed by atoms with van der Waals surface area (Å²) in [6.45, 7) is 7.70. The van der Waals surface area contributed by atoms with Gasteiger partial charge in [-0.25, -0.2) is 0 Å². The fourth-order valence-corrected chi connectivity index (χ4v) is 3.54. The van der Waals surface area contributed by atoms with Crippen molar-refractivity contribution < 1.29 is 9.59 Å². The molecule has 0 aliphatic carbocycles. The van der Waals surface area contributed by atoms with E-state index in [9.17, 15) is 14.4 Å². The van der Waals surface area contributed by atoms with Crippen molar-refractivity contribution in [2.75, 3.05) is 19.6 Å². The molecule has 8 heteroatoms. The van der Waals surface area contributed by atoms with Crippen LogP contribution in [0.3, 0.4) is 0 Å². The van der Waals surface area contributed by atoms with Crippen LogP contribution < -0.4 is 5.56 Å². The average Bonchev–Trinajstić information content (AvgIpc) is 3.28. The maximum atomic E-state index is 12.8. The second-order valence-electron chi connectivity index (χ2n) is 8.11. The van der Waals surface area contributed by atoms with E-state index < -0.39 is 0 Å². The molecule has 1 saturated heterocycles. The van der Waals surface area contributed by atoms with Gasteiger partial charge in [0.1, 0.15) is 17.9 Å². The van der Waals surface area contributed by atoms with Crippen LogP contribution >= 0.6 is 0 Å². The number of likely N-dealkylation sites (tertiary alicyclic amines) is 1. The second kappa shape index (κ2) is 5.69. The molecule has 0 bridgehead atoms. The van der Waals surface area contributed by atoms with Gasteiger partial charge in [-0.2, -0.15) is 9.61 Å². The third kappa shape index (κ3) is 2.60. The smallest absolute Gasteiger partial charge is 0.280 e. The highest BCUT2D eigenvalue weighted by Crippen LogP contribution is 2.23. The number of hydrogen-bond acceptors (Lipinski definition) is 4. The molecule has 0 spiro atoms. The highest BCUT2D eigenvalue weighted by Gasteiger charge is 2.34. The Morgan fingerprint density at radius 3 is 2.58 bits per heavy atom. The Hall–Kier alpha value is -2.64. The SMILES string of the molecule is CC(C)(C)c1cc2[nH]c3c(c(=O)n2n1)CN(CC(=O)N1CCCC1)C3=O. The van der Waals surface area contributed by atoms with E-state index in [2.05, 4.69) is 10.1 Å². The number of fused-ring (bicyclic) bond motifs is 2. The Balaban J connectivity index is 1.65. The predicted molar refractivity (Wildman–Crippen MR) is 95.1 cm³/mol. The number of nitrogens with one attached hydrogen (secondary N) is 1. The molecule has 2 aliphatic heterocycles. The molecule has 4 rings (SSSR count). The van der Waals surface area contributed by atoms with Gasteiger partial charge in [0.05, 0.1) is 17.8 Å². The van der Waals surface area contributed by atoms with E-state index in [-0.39, 0.29) is 41.6 Å². The fraction of sp³-hybridized carbons (Fsp3) is 0.556. The minimum absolute atomic E-state index is 0.0103. The van der Waals surface area contributed by atoms with Gasteiger partial charge in [0.2, 0.25) is 5.91 Å². The first kappa shape index (κ1) is 16.8. The number of carbonyl (C=O) groups is 2. The van der Waals surface area contributed by atoms with Crippen LogP contribution in [0, 0.1) is 0 Å². The number of amides is 2. The number of aromatic amines is 1. The van der Waals surface area contributed by atoms with Crippen molar-refractivity contribution in [3.63, 3.8) is 0 Å². The van der Waals surface area contributed by atoms with Crippen molar-refractivity contribution in [1.29, 1.82) is 0 Å². The highest BCUT2D eigenvalue weighted by molar-refractivity contribution is 5.98. The molecule has 0 aromatic carbocycles. The van der Waals surface area contributed by atoms with Gasteiger partial charge in [0.25, 0.3) is 11.5 Å². The number of nitrogens with zero attached hydrogens (tertiary/aromatic N) is 4. The molecule has 138 valence electrons. The van der Waals surface area contributed by atoms with Crippen molar-refractivity contribution in [2.24, 2.45) is 0 Å². The molecule has 26 heavy (non-hydrogen) atoms. The zero-order valence-electron chi connectivity index (χ0n) is 15.3. The largest absolute Gasteiger partial charge is 0.341 e. The maximum Gasteiger partial charge on any atom is 0.280 e. The first-order chi connectivity index (χ1) is 12.3. The summed E-state index contributed by atoms with van der Waals surface area (Å²) in [5.41, 5.74) is 1.43. The fourth-order valence-electron chi connectivity index (χ4n) is 3.54. The van der Waals surface area contributed by atoms with Crippen LogP contribution in [0.15, 0.2) is 10.9 Å². The van der Waals surface area contributed by atoms with Crippen LogP contribution in [-0.2, 0) is 16.8 Å². The summed E-state index contributed by atoms with van der Waals surface area (Å²) >= 11 is 0. The van der Waals surface area contributed by atoms with Gasteiger partial charge >= 0.3 is 0 Å². The van der Waals surface area contributed by atoms with Gasteiger partial charge in [-0.15, -0.1) is 0 Å². The Bertz CT molecular complexity index is 960. The van der Waals surface area contributed by atoms with E-state index in [1.807, 2.05) is 20.8 Å². The predicted octanol–water partition coefficient (Wildman–Crippen LogP) is 0.898. The summed E-state index contributed by atoms with van der Waals surface area (Å²) in [6.07, 6.45) is 2.01. The van der Waals surface area contributed by atoms with Gasteiger partial charge in [-0.1, -0.05) is 20.8 Å². The summed E-state index contributed by atoms with van der Waals surface area (Å²) in [5.74, 6) is -0.360. The quantitative estimate of drug-likeness (QED) is 0.864. The summed E-state index contributed by atoms with van der Waals surface area (Å²) in [5, 5.41) is 4.40.